The van der Waals surface area contributed by atoms with Crippen molar-refractivity contribution in [2.75, 3.05) is 10.5 Å². The predicted octanol–water partition coefficient (Wildman–Crippen LogP) is 3.87. The van der Waals surface area contributed by atoms with Crippen LogP contribution in [0, 0.1) is 11.6 Å². The molecule has 0 spiro atoms. The zero-order valence-electron chi connectivity index (χ0n) is 10.2. The van der Waals surface area contributed by atoms with Crippen LogP contribution in [0.1, 0.15) is 0 Å². The molecule has 0 aromatic heterocycles. The summed E-state index contributed by atoms with van der Waals surface area (Å²) in [7, 11) is -4.06. The highest BCUT2D eigenvalue weighted by Crippen LogP contribution is 2.30. The van der Waals surface area contributed by atoms with E-state index in [2.05, 4.69) is 36.6 Å². The van der Waals surface area contributed by atoms with E-state index in [-0.39, 0.29) is 20.7 Å². The number of nitrogens with one attached hydrogen (secondary N) is 1. The minimum absolute atomic E-state index is 0.00854. The van der Waals surface area contributed by atoms with Crippen LogP contribution in [0.25, 0.3) is 0 Å². The van der Waals surface area contributed by atoms with Crippen LogP contribution in [0.15, 0.2) is 44.2 Å². The third-order valence-electron chi connectivity index (χ3n) is 2.51. The molecule has 0 fully saturated rings. The van der Waals surface area contributed by atoms with Crippen LogP contribution in [0.5, 0.6) is 0 Å². The Morgan fingerprint density at radius 3 is 2.38 bits per heavy atom. The first-order valence-corrected chi connectivity index (χ1v) is 8.50. The first-order chi connectivity index (χ1) is 9.70. The van der Waals surface area contributed by atoms with Crippen LogP contribution in [0.3, 0.4) is 0 Å². The monoisotopic (exact) mass is 440 g/mol. The number of rotatable bonds is 3. The fraction of sp³-hybridized carbons (Fsp3) is 0. The van der Waals surface area contributed by atoms with Gasteiger partial charge >= 0.3 is 0 Å². The Hall–Kier alpha value is -1.19. The van der Waals surface area contributed by atoms with E-state index in [9.17, 15) is 17.2 Å². The molecule has 0 saturated carbocycles. The molecule has 0 saturated heterocycles. The Morgan fingerprint density at radius 1 is 1.05 bits per heavy atom. The second-order valence-corrected chi connectivity index (χ2v) is 7.39. The van der Waals surface area contributed by atoms with Crippen LogP contribution in [0.4, 0.5) is 20.2 Å². The molecule has 2 aromatic carbocycles. The molecule has 0 bridgehead atoms. The summed E-state index contributed by atoms with van der Waals surface area (Å²) >= 11 is 6.07. The minimum Gasteiger partial charge on any atom is -0.396 e. The molecule has 0 amide bonds. The predicted molar refractivity (Wildman–Crippen MR) is 83.4 cm³/mol. The molecule has 4 nitrogen and oxygen atoms in total. The molecule has 0 unspecified atom stereocenters. The van der Waals surface area contributed by atoms with Crippen molar-refractivity contribution in [1.29, 1.82) is 0 Å². The van der Waals surface area contributed by atoms with Gasteiger partial charge in [0.15, 0.2) is 0 Å². The highest BCUT2D eigenvalue weighted by atomic mass is 79.9. The summed E-state index contributed by atoms with van der Waals surface area (Å²) in [6.07, 6.45) is 0. The lowest BCUT2D eigenvalue weighted by atomic mass is 10.3. The van der Waals surface area contributed by atoms with Gasteiger partial charge in [-0.1, -0.05) is 0 Å². The molecule has 112 valence electrons. The molecule has 0 radical (unpaired) electrons. The molecule has 0 atom stereocenters. The largest absolute Gasteiger partial charge is 0.396 e. The quantitative estimate of drug-likeness (QED) is 0.710. The van der Waals surface area contributed by atoms with Crippen LogP contribution in [-0.2, 0) is 10.0 Å². The van der Waals surface area contributed by atoms with Gasteiger partial charge in [0.05, 0.1) is 11.4 Å². The van der Waals surface area contributed by atoms with E-state index in [0.29, 0.717) is 4.47 Å². The van der Waals surface area contributed by atoms with Gasteiger partial charge in [-0.05, 0) is 62.2 Å². The highest BCUT2D eigenvalue weighted by molar-refractivity contribution is 9.11. The van der Waals surface area contributed by atoms with E-state index < -0.39 is 21.7 Å². The maximum atomic E-state index is 13.3. The topological polar surface area (TPSA) is 72.2 Å². The van der Waals surface area contributed by atoms with Gasteiger partial charge in [0.2, 0.25) is 0 Å². The van der Waals surface area contributed by atoms with Crippen LogP contribution in [0.2, 0.25) is 0 Å². The maximum absolute atomic E-state index is 13.3. The van der Waals surface area contributed by atoms with Gasteiger partial charge in [-0.3, -0.25) is 4.72 Å². The Bertz CT molecular complexity index is 813. The van der Waals surface area contributed by atoms with E-state index >= 15 is 0 Å². The standard InChI is InChI=1S/C12H8Br2F2N2O2S/c13-7-2-1-6(15)3-11(7)18-21(19,20)12-5-10(17)9(16)4-8(12)14/h1-5,18H,17H2. The summed E-state index contributed by atoms with van der Waals surface area (Å²) in [5.74, 6) is -1.35. The third-order valence-corrected chi connectivity index (χ3v) is 5.53. The zero-order chi connectivity index (χ0) is 15.8. The van der Waals surface area contributed by atoms with E-state index in [0.717, 1.165) is 18.2 Å². The van der Waals surface area contributed by atoms with Crippen molar-refractivity contribution in [3.05, 3.63) is 50.9 Å². The molecule has 9 heteroatoms. The lowest BCUT2D eigenvalue weighted by Gasteiger charge is -2.12. The number of benzene rings is 2. The summed E-state index contributed by atoms with van der Waals surface area (Å²) in [4.78, 5) is -0.252. The van der Waals surface area contributed by atoms with Crippen molar-refractivity contribution in [2.24, 2.45) is 0 Å². The Morgan fingerprint density at radius 2 is 1.71 bits per heavy atom. The van der Waals surface area contributed by atoms with Crippen molar-refractivity contribution in [2.45, 2.75) is 4.90 Å². The van der Waals surface area contributed by atoms with Gasteiger partial charge < -0.3 is 5.73 Å². The Labute approximate surface area is 136 Å². The van der Waals surface area contributed by atoms with Gasteiger partial charge in [-0.25, -0.2) is 17.2 Å². The first kappa shape index (κ1) is 16.2. The number of anilines is 2. The summed E-state index contributed by atoms with van der Waals surface area (Å²) in [6, 6.07) is 5.48. The van der Waals surface area contributed by atoms with Gasteiger partial charge in [0, 0.05) is 8.95 Å². The molecule has 0 aliphatic heterocycles. The highest BCUT2D eigenvalue weighted by Gasteiger charge is 2.21. The smallest absolute Gasteiger partial charge is 0.263 e. The number of nitrogen functional groups attached to an aromatic ring is 1. The number of hydrogen-bond acceptors (Lipinski definition) is 3. The van der Waals surface area contributed by atoms with Crippen LogP contribution < -0.4 is 10.5 Å². The molecule has 0 aliphatic carbocycles. The van der Waals surface area contributed by atoms with Gasteiger partial charge in [0.25, 0.3) is 10.0 Å². The van der Waals surface area contributed by atoms with E-state index in [4.69, 9.17) is 5.73 Å². The average Bonchev–Trinajstić information content (AvgIpc) is 2.37. The van der Waals surface area contributed by atoms with Crippen molar-refractivity contribution < 1.29 is 17.2 Å². The van der Waals surface area contributed by atoms with Gasteiger partial charge in [0.1, 0.15) is 16.5 Å². The van der Waals surface area contributed by atoms with E-state index in [1.54, 1.807) is 0 Å². The molecule has 2 aromatic rings. The Balaban J connectivity index is 2.48. The number of nitrogens with two attached hydrogens (primary N) is 1. The number of halogens is 4. The van der Waals surface area contributed by atoms with Gasteiger partial charge in [-0.15, -0.1) is 0 Å². The lowest BCUT2D eigenvalue weighted by molar-refractivity contribution is 0.599. The molecular weight excluding hydrogens is 434 g/mol. The fourth-order valence-electron chi connectivity index (χ4n) is 1.53. The molecule has 0 aliphatic rings. The minimum atomic E-state index is -4.06. The second kappa shape index (κ2) is 5.90. The average molecular weight is 442 g/mol. The van der Waals surface area contributed by atoms with Crippen molar-refractivity contribution >= 4 is 53.3 Å². The third kappa shape index (κ3) is 3.53. The first-order valence-electron chi connectivity index (χ1n) is 5.43. The molecule has 0 heterocycles. The van der Waals surface area contributed by atoms with E-state index in [1.807, 2.05) is 0 Å². The molecule has 3 N–H and O–H groups in total. The van der Waals surface area contributed by atoms with Crippen molar-refractivity contribution in [3.63, 3.8) is 0 Å². The summed E-state index contributed by atoms with van der Waals surface area (Å²) < 4.78 is 53.6. The fourth-order valence-corrected chi connectivity index (χ4v) is 4.12. The van der Waals surface area contributed by atoms with Crippen LogP contribution in [-0.4, -0.2) is 8.42 Å². The molecule has 21 heavy (non-hydrogen) atoms. The van der Waals surface area contributed by atoms with Crippen molar-refractivity contribution in [3.8, 4) is 0 Å². The molecular formula is C12H8Br2F2N2O2S. The van der Waals surface area contributed by atoms with Gasteiger partial charge in [-0.2, -0.15) is 0 Å². The Kier molecular flexibility index (Phi) is 4.54. The summed E-state index contributed by atoms with van der Waals surface area (Å²) in [5.41, 5.74) is 5.09. The number of sulfonamides is 1. The SMILES string of the molecule is Nc1cc(S(=O)(=O)Nc2cc(F)ccc2Br)c(Br)cc1F. The lowest BCUT2D eigenvalue weighted by Crippen LogP contribution is -2.15. The number of hydrogen-bond donors (Lipinski definition) is 2. The normalized spacial score (nSPS) is 11.4. The van der Waals surface area contributed by atoms with E-state index in [1.165, 1.54) is 12.1 Å². The zero-order valence-corrected chi connectivity index (χ0v) is 14.2. The molecule has 2 rings (SSSR count). The summed E-state index contributed by atoms with van der Waals surface area (Å²) in [6.45, 7) is 0. The second-order valence-electron chi connectivity index (χ2n) is 4.03. The maximum Gasteiger partial charge on any atom is 0.263 e. The summed E-state index contributed by atoms with van der Waals surface area (Å²) in [5, 5.41) is 0. The van der Waals surface area contributed by atoms with Crippen molar-refractivity contribution in [1.82, 2.24) is 0 Å². The van der Waals surface area contributed by atoms with Crippen LogP contribution >= 0.6 is 31.9 Å².